The van der Waals surface area contributed by atoms with Crippen LogP contribution in [0.15, 0.2) is 36.5 Å². The third-order valence-electron chi connectivity index (χ3n) is 5.05. The topological polar surface area (TPSA) is 81.2 Å². The van der Waals surface area contributed by atoms with E-state index in [0.29, 0.717) is 38.5 Å². The highest BCUT2D eigenvalue weighted by atomic mass is 35.5. The molecule has 0 aliphatic carbocycles. The van der Waals surface area contributed by atoms with Crippen molar-refractivity contribution in [1.82, 2.24) is 9.97 Å². The summed E-state index contributed by atoms with van der Waals surface area (Å²) >= 11 is 13.2. The maximum absolute atomic E-state index is 13.5. The van der Waals surface area contributed by atoms with Crippen molar-refractivity contribution < 1.29 is 18.7 Å². The van der Waals surface area contributed by atoms with E-state index in [0.717, 1.165) is 11.3 Å². The van der Waals surface area contributed by atoms with Crippen molar-refractivity contribution in [2.45, 2.75) is 20.8 Å². The Morgan fingerprint density at radius 2 is 1.85 bits per heavy atom. The van der Waals surface area contributed by atoms with E-state index < -0.39 is 17.7 Å². The number of aromatic nitrogens is 2. The molecular formula is C23H16Cl2FN3O3S. The Morgan fingerprint density at radius 1 is 1.09 bits per heavy atom. The quantitative estimate of drug-likeness (QED) is 0.252. The minimum Gasteiger partial charge on any atom is -0.421 e. The summed E-state index contributed by atoms with van der Waals surface area (Å²) in [5.41, 5.74) is 1.91. The molecule has 1 amide bonds. The van der Waals surface area contributed by atoms with E-state index in [1.54, 1.807) is 20.8 Å². The largest absolute Gasteiger partial charge is 0.421 e. The number of amides is 1. The van der Waals surface area contributed by atoms with Gasteiger partial charge in [-0.1, -0.05) is 23.2 Å². The zero-order valence-electron chi connectivity index (χ0n) is 17.6. The van der Waals surface area contributed by atoms with Crippen molar-refractivity contribution in [3.63, 3.8) is 0 Å². The molecule has 4 aromatic rings. The summed E-state index contributed by atoms with van der Waals surface area (Å²) in [5, 5.41) is 3.88. The number of hydrogen-bond donors (Lipinski definition) is 1. The molecule has 0 aliphatic heterocycles. The van der Waals surface area contributed by atoms with Crippen LogP contribution in [0.3, 0.4) is 0 Å². The number of nitrogens with one attached hydrogen (secondary N) is 1. The molecule has 33 heavy (non-hydrogen) atoms. The van der Waals surface area contributed by atoms with Gasteiger partial charge in [0.25, 0.3) is 5.91 Å². The lowest BCUT2D eigenvalue weighted by Crippen LogP contribution is -2.16. The number of halogens is 3. The molecule has 0 unspecified atom stereocenters. The van der Waals surface area contributed by atoms with Gasteiger partial charge in [0.05, 0.1) is 16.3 Å². The van der Waals surface area contributed by atoms with Gasteiger partial charge in [0, 0.05) is 21.8 Å². The molecule has 0 saturated carbocycles. The Kier molecular flexibility index (Phi) is 6.34. The van der Waals surface area contributed by atoms with Crippen LogP contribution in [0.25, 0.3) is 10.1 Å². The van der Waals surface area contributed by atoms with E-state index in [1.807, 2.05) is 0 Å². The number of fused-ring (bicyclic) bond motifs is 1. The number of anilines is 1. The van der Waals surface area contributed by atoms with Crippen molar-refractivity contribution in [3.8, 4) is 5.75 Å². The molecule has 1 N–H and O–H groups in total. The number of thiophene rings is 1. The lowest BCUT2D eigenvalue weighted by atomic mass is 10.1. The van der Waals surface area contributed by atoms with Gasteiger partial charge in [-0.2, -0.15) is 0 Å². The minimum atomic E-state index is -0.604. The first kappa shape index (κ1) is 23.1. The molecule has 10 heteroatoms. The number of rotatable bonds is 4. The molecular weight excluding hydrogens is 488 g/mol. The summed E-state index contributed by atoms with van der Waals surface area (Å²) in [7, 11) is 0. The summed E-state index contributed by atoms with van der Waals surface area (Å²) < 4.78 is 19.6. The van der Waals surface area contributed by atoms with Crippen LogP contribution in [0, 0.1) is 26.6 Å². The first-order valence-electron chi connectivity index (χ1n) is 9.66. The molecule has 4 rings (SSSR count). The Balaban J connectivity index is 1.61. The molecule has 0 radical (unpaired) electrons. The van der Waals surface area contributed by atoms with Crippen molar-refractivity contribution in [3.05, 3.63) is 79.8 Å². The minimum absolute atomic E-state index is 0.240. The van der Waals surface area contributed by atoms with Crippen LogP contribution >= 0.6 is 34.5 Å². The molecule has 0 bridgehead atoms. The fourth-order valence-electron chi connectivity index (χ4n) is 3.19. The Hall–Kier alpha value is -3.07. The van der Waals surface area contributed by atoms with Gasteiger partial charge in [0.1, 0.15) is 21.7 Å². The normalized spacial score (nSPS) is 11.0. The van der Waals surface area contributed by atoms with Crippen molar-refractivity contribution in [2.75, 3.05) is 5.32 Å². The second-order valence-corrected chi connectivity index (χ2v) is 9.04. The highest BCUT2D eigenvalue weighted by Gasteiger charge is 2.22. The van der Waals surface area contributed by atoms with Crippen molar-refractivity contribution in [2.24, 2.45) is 0 Å². The number of hydrogen-bond acceptors (Lipinski definition) is 6. The van der Waals surface area contributed by atoms with Gasteiger partial charge in [-0.15, -0.1) is 11.3 Å². The number of pyridine rings is 2. The van der Waals surface area contributed by atoms with Gasteiger partial charge in [-0.3, -0.25) is 4.79 Å². The maximum Gasteiger partial charge on any atom is 0.345 e. The highest BCUT2D eigenvalue weighted by Crippen LogP contribution is 2.37. The lowest BCUT2D eigenvalue weighted by molar-refractivity contribution is 0.0730. The van der Waals surface area contributed by atoms with Crippen LogP contribution in [0.5, 0.6) is 5.75 Å². The molecule has 0 saturated heterocycles. The van der Waals surface area contributed by atoms with Crippen LogP contribution < -0.4 is 10.1 Å². The van der Waals surface area contributed by atoms with E-state index in [4.69, 9.17) is 27.9 Å². The summed E-state index contributed by atoms with van der Waals surface area (Å²) in [6.45, 7) is 5.18. The average molecular weight is 504 g/mol. The molecule has 0 fully saturated rings. The van der Waals surface area contributed by atoms with E-state index >= 15 is 0 Å². The monoisotopic (exact) mass is 503 g/mol. The lowest BCUT2D eigenvalue weighted by Gasteiger charge is -2.16. The van der Waals surface area contributed by atoms with Crippen LogP contribution in [-0.4, -0.2) is 21.8 Å². The van der Waals surface area contributed by atoms with Gasteiger partial charge in [0.2, 0.25) is 0 Å². The van der Waals surface area contributed by atoms with Crippen molar-refractivity contribution in [1.29, 1.82) is 0 Å². The number of ether oxygens (including phenoxy) is 1. The summed E-state index contributed by atoms with van der Waals surface area (Å²) in [5.74, 6) is -0.875. The van der Waals surface area contributed by atoms with Crippen LogP contribution in [0.1, 0.15) is 36.9 Å². The number of benzene rings is 1. The molecule has 3 aromatic heterocycles. The molecule has 168 valence electrons. The Morgan fingerprint density at radius 3 is 2.55 bits per heavy atom. The van der Waals surface area contributed by atoms with Crippen LogP contribution in [0.4, 0.5) is 10.2 Å². The molecule has 1 aromatic carbocycles. The van der Waals surface area contributed by atoms with Crippen molar-refractivity contribution >= 4 is 62.3 Å². The van der Waals surface area contributed by atoms with Gasteiger partial charge in [-0.05, 0) is 56.7 Å². The predicted octanol–water partition coefficient (Wildman–Crippen LogP) is 6.53. The maximum atomic E-state index is 13.5. The highest BCUT2D eigenvalue weighted by molar-refractivity contribution is 7.21. The number of carbonyl (C=O) groups excluding carboxylic acids is 2. The second kappa shape index (κ2) is 9.05. The molecule has 3 heterocycles. The first-order valence-corrected chi connectivity index (χ1v) is 11.2. The van der Waals surface area contributed by atoms with Crippen LogP contribution in [0.2, 0.25) is 10.2 Å². The fourth-order valence-corrected chi connectivity index (χ4v) is 4.74. The molecule has 0 atom stereocenters. The molecule has 6 nitrogen and oxygen atoms in total. The third kappa shape index (κ3) is 4.55. The van der Waals surface area contributed by atoms with Gasteiger partial charge in [-0.25, -0.2) is 19.2 Å². The molecule has 0 spiro atoms. The number of carbonyl (C=O) groups is 2. The van der Waals surface area contributed by atoms with Gasteiger partial charge < -0.3 is 10.1 Å². The average Bonchev–Trinajstić information content (AvgIpc) is 3.10. The smallest absolute Gasteiger partial charge is 0.345 e. The van der Waals surface area contributed by atoms with E-state index in [1.165, 1.54) is 36.5 Å². The number of nitrogens with zero attached hydrogens (tertiary/aromatic N) is 2. The van der Waals surface area contributed by atoms with E-state index in [-0.39, 0.29) is 20.6 Å². The summed E-state index contributed by atoms with van der Waals surface area (Å²) in [6, 6.07) is 7.17. The Labute approximate surface area is 202 Å². The first-order chi connectivity index (χ1) is 15.7. The van der Waals surface area contributed by atoms with Crippen LogP contribution in [-0.2, 0) is 0 Å². The zero-order valence-corrected chi connectivity index (χ0v) is 20.0. The van der Waals surface area contributed by atoms with Gasteiger partial charge in [0.15, 0.2) is 5.75 Å². The van der Waals surface area contributed by atoms with Gasteiger partial charge >= 0.3 is 5.97 Å². The number of esters is 1. The molecule has 0 aliphatic rings. The number of aryl methyl sites for hydroxylation is 1. The van der Waals surface area contributed by atoms with E-state index in [9.17, 15) is 14.0 Å². The van der Waals surface area contributed by atoms with E-state index in [2.05, 4.69) is 15.3 Å². The summed E-state index contributed by atoms with van der Waals surface area (Å²) in [4.78, 5) is 34.0. The second-order valence-electron chi connectivity index (χ2n) is 7.22. The summed E-state index contributed by atoms with van der Waals surface area (Å²) in [6.07, 6.45) is 1.32. The SMILES string of the molecule is Cc1nc(NC(=O)c2sc3cc(F)ccc3c2Cl)c(C)c(C)c1OC(=O)c1ccc(Cl)nc1. The Bertz CT molecular complexity index is 1420. The fraction of sp³-hybridized carbons (Fsp3) is 0.130. The standard InChI is InChI=1S/C23H16Cl2FN3O3S/c1-10-11(2)21(28-12(3)19(10)32-23(31)13-4-7-17(24)27-9-13)29-22(30)20-18(25)15-6-5-14(26)8-16(15)33-20/h4-9H,1-3H3,(H,28,29,30). The third-order valence-corrected chi connectivity index (χ3v) is 6.93. The predicted molar refractivity (Wildman–Crippen MR) is 127 cm³/mol. The zero-order chi connectivity index (χ0) is 23.9.